The summed E-state index contributed by atoms with van der Waals surface area (Å²) in [5, 5.41) is 0. The Kier molecular flexibility index (Phi) is 3.77. The Morgan fingerprint density at radius 3 is 0.714 bits per heavy atom. The van der Waals surface area contributed by atoms with Crippen LogP contribution < -0.4 is 0 Å². The van der Waals surface area contributed by atoms with Gasteiger partial charge < -0.3 is 0 Å². The molecule has 11 heteroatoms. The summed E-state index contributed by atoms with van der Waals surface area (Å²) in [5.74, 6) is 0. The number of alkyl halides is 9. The molecular formula is C3AsF9I. The molecule has 0 spiro atoms. The monoisotopic (exact) mass is 409 g/mol. The molecule has 87 valence electrons. The second-order valence-corrected chi connectivity index (χ2v) is 15.2. The molecule has 0 rings (SSSR count). The van der Waals surface area contributed by atoms with Crippen LogP contribution >= 0.6 is 20.1 Å². The molecule has 0 amide bonds. The third kappa shape index (κ3) is 2.25. The van der Waals surface area contributed by atoms with Crippen molar-refractivity contribution in [3.05, 3.63) is 0 Å². The molecule has 0 aliphatic rings. The Bertz CT molecular complexity index is 174. The van der Waals surface area contributed by atoms with Crippen LogP contribution in [0.3, 0.4) is 0 Å². The standard InChI is InChI=1S/C3AsF9I/c5-1(6,7)4(14,2(8,9)10)3(11,12)13. The molecule has 0 fully saturated rings. The van der Waals surface area contributed by atoms with Gasteiger partial charge >= 0.3 is 84.7 Å². The van der Waals surface area contributed by atoms with Crippen molar-refractivity contribution in [1.82, 2.24) is 0 Å². The first-order chi connectivity index (χ1) is 5.75. The first-order valence-corrected chi connectivity index (χ1v) is 11.1. The summed E-state index contributed by atoms with van der Waals surface area (Å²) in [7, 11) is -7.78. The fraction of sp³-hybridized carbons (Fsp3) is 1.00. The van der Waals surface area contributed by atoms with E-state index in [1.807, 2.05) is 0 Å². The van der Waals surface area contributed by atoms with Gasteiger partial charge in [-0.15, -0.1) is 0 Å². The van der Waals surface area contributed by atoms with Crippen molar-refractivity contribution >= 4 is 30.3 Å². The predicted octanol–water partition coefficient (Wildman–Crippen LogP) is 3.67. The van der Waals surface area contributed by atoms with Gasteiger partial charge in [0, 0.05) is 0 Å². The molecule has 0 saturated carbocycles. The van der Waals surface area contributed by atoms with Gasteiger partial charge in [0.1, 0.15) is 0 Å². The molecule has 0 aromatic rings. The number of hydrogen-bond donors (Lipinski definition) is 0. The van der Waals surface area contributed by atoms with E-state index in [0.717, 1.165) is 0 Å². The topological polar surface area (TPSA) is 0 Å². The number of rotatable bonds is 0. The third-order valence-electron chi connectivity index (χ3n) is 1.05. The van der Waals surface area contributed by atoms with Gasteiger partial charge in [-0.3, -0.25) is 0 Å². The Morgan fingerprint density at radius 2 is 0.714 bits per heavy atom. The fourth-order valence-electron chi connectivity index (χ4n) is 0.431. The average molecular weight is 409 g/mol. The maximum atomic E-state index is 11.7. The zero-order chi connectivity index (χ0) is 12.0. The fourth-order valence-corrected chi connectivity index (χ4v) is 2.24. The zero-order valence-corrected chi connectivity index (χ0v) is 9.76. The van der Waals surface area contributed by atoms with Gasteiger partial charge in [0.2, 0.25) is 0 Å². The molecule has 0 atom stereocenters. The van der Waals surface area contributed by atoms with E-state index in [2.05, 4.69) is 0 Å². The second-order valence-electron chi connectivity index (χ2n) is 1.99. The van der Waals surface area contributed by atoms with Crippen molar-refractivity contribution in [2.75, 3.05) is 0 Å². The minimum atomic E-state index is -7.78. The van der Waals surface area contributed by atoms with Gasteiger partial charge in [-0.2, -0.15) is 0 Å². The van der Waals surface area contributed by atoms with Gasteiger partial charge in [-0.25, -0.2) is 0 Å². The third-order valence-corrected chi connectivity index (χ3v) is 14.0. The zero-order valence-electron chi connectivity index (χ0n) is 5.73. The Labute approximate surface area is 84.8 Å². The van der Waals surface area contributed by atoms with E-state index >= 15 is 0 Å². The molecule has 0 aromatic carbocycles. The summed E-state index contributed by atoms with van der Waals surface area (Å²) in [6.07, 6.45) is 0. The normalized spacial score (nSPS) is 15.9. The van der Waals surface area contributed by atoms with Crippen LogP contribution in [0.15, 0.2) is 0 Å². The summed E-state index contributed by atoms with van der Waals surface area (Å²) in [6.45, 7) is 0. The first-order valence-electron chi connectivity index (χ1n) is 2.54. The van der Waals surface area contributed by atoms with E-state index < -0.39 is 45.2 Å². The van der Waals surface area contributed by atoms with Crippen LogP contribution in [-0.4, -0.2) is 25.1 Å². The molecule has 0 aromatic heterocycles. The van der Waals surface area contributed by atoms with E-state index in [1.165, 1.54) is 0 Å². The van der Waals surface area contributed by atoms with E-state index in [0.29, 0.717) is 0 Å². The maximum absolute atomic E-state index is 11.7. The van der Waals surface area contributed by atoms with Gasteiger partial charge in [0.25, 0.3) is 0 Å². The van der Waals surface area contributed by atoms with Crippen molar-refractivity contribution in [3.63, 3.8) is 0 Å². The molecule has 0 unspecified atom stereocenters. The number of hydrogen-bond acceptors (Lipinski definition) is 0. The molecule has 1 radical (unpaired) electrons. The Hall–Kier alpha value is 0.658. The van der Waals surface area contributed by atoms with Crippen LogP contribution in [0.2, 0.25) is 0 Å². The molecule has 0 nitrogen and oxygen atoms in total. The Balaban J connectivity index is 5.54. The molecule has 0 heterocycles. The average Bonchev–Trinajstić information content (AvgIpc) is 1.77. The van der Waals surface area contributed by atoms with E-state index in [4.69, 9.17) is 0 Å². The van der Waals surface area contributed by atoms with Crippen LogP contribution in [0.25, 0.3) is 0 Å². The van der Waals surface area contributed by atoms with Crippen LogP contribution in [0.4, 0.5) is 39.5 Å². The predicted molar refractivity (Wildman–Crippen MR) is 37.9 cm³/mol. The molecule has 14 heavy (non-hydrogen) atoms. The van der Waals surface area contributed by atoms with E-state index in [1.54, 1.807) is 0 Å². The van der Waals surface area contributed by atoms with Gasteiger partial charge in [0.05, 0.1) is 0 Å². The number of halogens is 10. The molecule has 0 aliphatic heterocycles. The summed E-state index contributed by atoms with van der Waals surface area (Å²) in [4.78, 5) is -18.8. The minimum absolute atomic E-state index is 0.508. The molecule has 0 aliphatic carbocycles. The molecule has 0 bridgehead atoms. The Morgan fingerprint density at radius 1 is 0.571 bits per heavy atom. The van der Waals surface area contributed by atoms with Crippen molar-refractivity contribution < 1.29 is 39.5 Å². The van der Waals surface area contributed by atoms with Gasteiger partial charge in [0.15, 0.2) is 0 Å². The van der Waals surface area contributed by atoms with Crippen molar-refractivity contribution in [3.8, 4) is 0 Å². The van der Waals surface area contributed by atoms with Crippen LogP contribution in [0.1, 0.15) is 0 Å². The van der Waals surface area contributed by atoms with E-state index in [-0.39, 0.29) is 0 Å². The quantitative estimate of drug-likeness (QED) is 0.326. The van der Waals surface area contributed by atoms with Gasteiger partial charge in [-0.05, 0) is 0 Å². The van der Waals surface area contributed by atoms with Crippen LogP contribution in [-0.2, 0) is 0 Å². The molecule has 0 N–H and O–H groups in total. The molecule has 0 saturated heterocycles. The molecular weight excluding hydrogens is 409 g/mol. The summed E-state index contributed by atoms with van der Waals surface area (Å²) in [5.41, 5.74) is 0. The van der Waals surface area contributed by atoms with Crippen molar-refractivity contribution in [2.24, 2.45) is 0 Å². The second kappa shape index (κ2) is 3.60. The van der Waals surface area contributed by atoms with Crippen LogP contribution in [0, 0.1) is 0 Å². The van der Waals surface area contributed by atoms with E-state index in [9.17, 15) is 39.5 Å². The SMILES string of the molecule is FC(F)(F)[As](I)(C(F)(F)F)C(F)(F)F. The van der Waals surface area contributed by atoms with Gasteiger partial charge in [-0.1, -0.05) is 0 Å². The van der Waals surface area contributed by atoms with Crippen LogP contribution in [0.5, 0.6) is 0 Å². The van der Waals surface area contributed by atoms with Crippen molar-refractivity contribution in [2.45, 2.75) is 14.9 Å². The summed E-state index contributed by atoms with van der Waals surface area (Å²) < 4.78 is 106. The summed E-state index contributed by atoms with van der Waals surface area (Å²) >= 11 is -0.508. The first kappa shape index (κ1) is 14.7. The summed E-state index contributed by atoms with van der Waals surface area (Å²) in [6, 6.07) is 0. The van der Waals surface area contributed by atoms with Crippen molar-refractivity contribution in [1.29, 1.82) is 0 Å².